The molecule has 0 aliphatic carbocycles. The number of rotatable bonds is 8. The Labute approximate surface area is 160 Å². The van der Waals surface area contributed by atoms with Gasteiger partial charge in [-0.05, 0) is 37.1 Å². The molecule has 2 aromatic rings. The van der Waals surface area contributed by atoms with E-state index in [0.29, 0.717) is 13.2 Å². The first-order chi connectivity index (χ1) is 13.2. The molecule has 1 N–H and O–H groups in total. The van der Waals surface area contributed by atoms with Crippen molar-refractivity contribution in [1.82, 2.24) is 20.0 Å². The number of nitrogens with zero attached hydrogens (tertiary/aromatic N) is 3. The van der Waals surface area contributed by atoms with Gasteiger partial charge in [-0.2, -0.15) is 5.10 Å². The molecule has 1 aliphatic heterocycles. The summed E-state index contributed by atoms with van der Waals surface area (Å²) in [6.07, 6.45) is 1.06. The highest BCUT2D eigenvalue weighted by Gasteiger charge is 2.17. The summed E-state index contributed by atoms with van der Waals surface area (Å²) in [5.41, 5.74) is 3.35. The molecule has 1 aromatic heterocycles. The lowest BCUT2D eigenvalue weighted by Crippen LogP contribution is -2.26. The zero-order valence-corrected chi connectivity index (χ0v) is 16.1. The number of aryl methyl sites for hydroxylation is 1. The van der Waals surface area contributed by atoms with E-state index in [1.807, 2.05) is 19.1 Å². The molecule has 0 bridgehead atoms. The highest BCUT2D eigenvalue weighted by atomic mass is 16.5. The lowest BCUT2D eigenvalue weighted by atomic mass is 10.2. The van der Waals surface area contributed by atoms with Crippen LogP contribution >= 0.6 is 0 Å². The number of hydrogen-bond acceptors (Lipinski definition) is 5. The van der Waals surface area contributed by atoms with Gasteiger partial charge in [0.05, 0.1) is 24.5 Å². The van der Waals surface area contributed by atoms with Crippen molar-refractivity contribution in [2.24, 2.45) is 0 Å². The molecular weight excluding hydrogens is 344 g/mol. The minimum atomic E-state index is -0.127. The summed E-state index contributed by atoms with van der Waals surface area (Å²) in [5, 5.41) is 7.46. The van der Waals surface area contributed by atoms with E-state index in [1.165, 1.54) is 18.4 Å². The molecule has 0 fully saturated rings. The fourth-order valence-corrected chi connectivity index (χ4v) is 3.30. The van der Waals surface area contributed by atoms with E-state index in [1.54, 1.807) is 0 Å². The number of amides is 1. The maximum Gasteiger partial charge on any atom is 0.246 e. The van der Waals surface area contributed by atoms with Crippen molar-refractivity contribution in [2.45, 2.75) is 39.5 Å². The van der Waals surface area contributed by atoms with Crippen molar-refractivity contribution < 1.29 is 14.3 Å². The van der Waals surface area contributed by atoms with E-state index in [2.05, 4.69) is 38.2 Å². The van der Waals surface area contributed by atoms with Crippen molar-refractivity contribution in [1.29, 1.82) is 0 Å². The predicted molar refractivity (Wildman–Crippen MR) is 102 cm³/mol. The van der Waals surface area contributed by atoms with Gasteiger partial charge in [-0.15, -0.1) is 0 Å². The first kappa shape index (κ1) is 19.4. The normalized spacial score (nSPS) is 14.4. The number of methoxy groups -OCH3 is 1. The molecule has 0 saturated carbocycles. The number of ether oxygens (including phenoxy) is 2. The Kier molecular flexibility index (Phi) is 6.84. The van der Waals surface area contributed by atoms with Gasteiger partial charge in [0.15, 0.2) is 0 Å². The maximum absolute atomic E-state index is 11.5. The van der Waals surface area contributed by atoms with Gasteiger partial charge in [-0.1, -0.05) is 12.1 Å². The van der Waals surface area contributed by atoms with Crippen LogP contribution in [0, 0.1) is 0 Å². The number of aromatic nitrogens is 2. The number of fused-ring (bicyclic) bond motifs is 1. The van der Waals surface area contributed by atoms with Crippen molar-refractivity contribution in [3.8, 4) is 5.75 Å². The molecular formula is C20H28N4O3. The summed E-state index contributed by atoms with van der Waals surface area (Å²) in [6.45, 7) is 6.88. The first-order valence-electron chi connectivity index (χ1n) is 9.43. The fraction of sp³-hybridized carbons (Fsp3) is 0.500. The Balaban J connectivity index is 1.59. The minimum Gasteiger partial charge on any atom is -0.494 e. The zero-order valence-electron chi connectivity index (χ0n) is 16.1. The predicted octanol–water partition coefficient (Wildman–Crippen LogP) is 1.95. The van der Waals surface area contributed by atoms with Gasteiger partial charge in [-0.3, -0.25) is 14.4 Å². The summed E-state index contributed by atoms with van der Waals surface area (Å²) in [7, 11) is 1.51. The van der Waals surface area contributed by atoms with Gasteiger partial charge < -0.3 is 14.8 Å². The Morgan fingerprint density at radius 2 is 2.07 bits per heavy atom. The Morgan fingerprint density at radius 3 is 2.81 bits per heavy atom. The minimum absolute atomic E-state index is 0.0728. The van der Waals surface area contributed by atoms with E-state index in [0.717, 1.165) is 44.0 Å². The standard InChI is InChI=1S/C20H28N4O3/c1-3-27-19-7-5-16(6-8-19)13-23-9-4-10-24-18(14-23)11-17(22-24)12-21-20(25)15-26-2/h5-8,11H,3-4,9-10,12-15H2,1-2H3,(H,21,25). The van der Waals surface area contributed by atoms with Gasteiger partial charge in [0, 0.05) is 33.3 Å². The molecule has 2 heterocycles. The zero-order chi connectivity index (χ0) is 19.1. The first-order valence-corrected chi connectivity index (χ1v) is 9.43. The monoisotopic (exact) mass is 372 g/mol. The SMILES string of the molecule is CCOc1ccc(CN2CCCn3nc(CNC(=O)COC)cc3C2)cc1. The highest BCUT2D eigenvalue weighted by Crippen LogP contribution is 2.18. The van der Waals surface area contributed by atoms with Crippen LogP contribution in [0.1, 0.15) is 30.3 Å². The van der Waals surface area contributed by atoms with E-state index in [-0.39, 0.29) is 12.5 Å². The van der Waals surface area contributed by atoms with E-state index >= 15 is 0 Å². The lowest BCUT2D eigenvalue weighted by molar-refractivity contribution is -0.124. The van der Waals surface area contributed by atoms with Gasteiger partial charge >= 0.3 is 0 Å². The Morgan fingerprint density at radius 1 is 1.26 bits per heavy atom. The number of carbonyl (C=O) groups excluding carboxylic acids is 1. The summed E-state index contributed by atoms with van der Waals surface area (Å²) in [6, 6.07) is 10.4. The Hall–Kier alpha value is -2.38. The van der Waals surface area contributed by atoms with Crippen molar-refractivity contribution >= 4 is 5.91 Å². The van der Waals surface area contributed by atoms with Crippen LogP contribution in [-0.4, -0.2) is 47.5 Å². The van der Waals surface area contributed by atoms with Crippen LogP contribution < -0.4 is 10.1 Å². The number of hydrogen-bond donors (Lipinski definition) is 1. The van der Waals surface area contributed by atoms with E-state index in [9.17, 15) is 4.79 Å². The molecule has 27 heavy (non-hydrogen) atoms. The molecule has 0 unspecified atom stereocenters. The molecule has 1 amide bonds. The topological polar surface area (TPSA) is 68.6 Å². The van der Waals surface area contributed by atoms with Crippen LogP contribution in [0.2, 0.25) is 0 Å². The van der Waals surface area contributed by atoms with Gasteiger partial charge in [0.1, 0.15) is 12.4 Å². The molecule has 0 atom stereocenters. The number of carbonyl (C=O) groups is 1. The van der Waals surface area contributed by atoms with Crippen LogP contribution in [0.4, 0.5) is 0 Å². The quantitative estimate of drug-likeness (QED) is 0.767. The molecule has 0 radical (unpaired) electrons. The van der Waals surface area contributed by atoms with Crippen LogP contribution in [0.5, 0.6) is 5.75 Å². The molecule has 146 valence electrons. The highest BCUT2D eigenvalue weighted by molar-refractivity contribution is 5.77. The number of nitrogens with one attached hydrogen (secondary N) is 1. The van der Waals surface area contributed by atoms with Gasteiger partial charge in [0.2, 0.25) is 5.91 Å². The molecule has 0 spiro atoms. The third-order valence-electron chi connectivity index (χ3n) is 4.53. The van der Waals surface area contributed by atoms with Crippen LogP contribution in [-0.2, 0) is 35.7 Å². The average molecular weight is 372 g/mol. The lowest BCUT2D eigenvalue weighted by Gasteiger charge is -2.19. The molecule has 3 rings (SSSR count). The second-order valence-corrected chi connectivity index (χ2v) is 6.70. The summed E-state index contributed by atoms with van der Waals surface area (Å²) >= 11 is 0. The van der Waals surface area contributed by atoms with Crippen molar-refractivity contribution in [2.75, 3.05) is 26.9 Å². The molecule has 1 aliphatic rings. The average Bonchev–Trinajstić information content (AvgIpc) is 2.94. The second kappa shape index (κ2) is 9.53. The smallest absolute Gasteiger partial charge is 0.246 e. The van der Waals surface area contributed by atoms with Crippen LogP contribution in [0.25, 0.3) is 0 Å². The largest absolute Gasteiger partial charge is 0.494 e. The molecule has 1 aromatic carbocycles. The summed E-state index contributed by atoms with van der Waals surface area (Å²) < 4.78 is 12.4. The van der Waals surface area contributed by atoms with Crippen molar-refractivity contribution in [3.05, 3.63) is 47.3 Å². The van der Waals surface area contributed by atoms with E-state index < -0.39 is 0 Å². The van der Waals surface area contributed by atoms with E-state index in [4.69, 9.17) is 9.47 Å². The molecule has 7 heteroatoms. The summed E-state index contributed by atoms with van der Waals surface area (Å²) in [4.78, 5) is 14.0. The molecule has 7 nitrogen and oxygen atoms in total. The summed E-state index contributed by atoms with van der Waals surface area (Å²) in [5.74, 6) is 0.785. The fourth-order valence-electron chi connectivity index (χ4n) is 3.30. The Bertz CT molecular complexity index is 742. The number of benzene rings is 1. The van der Waals surface area contributed by atoms with Crippen LogP contribution in [0.3, 0.4) is 0 Å². The third kappa shape index (κ3) is 5.55. The third-order valence-corrected chi connectivity index (χ3v) is 4.53. The van der Waals surface area contributed by atoms with Crippen LogP contribution in [0.15, 0.2) is 30.3 Å². The molecule has 0 saturated heterocycles. The second-order valence-electron chi connectivity index (χ2n) is 6.70. The van der Waals surface area contributed by atoms with Crippen molar-refractivity contribution in [3.63, 3.8) is 0 Å². The van der Waals surface area contributed by atoms with Gasteiger partial charge in [-0.25, -0.2) is 0 Å². The maximum atomic E-state index is 11.5. The van der Waals surface area contributed by atoms with Gasteiger partial charge in [0.25, 0.3) is 0 Å².